The summed E-state index contributed by atoms with van der Waals surface area (Å²) >= 11 is 12.1. The van der Waals surface area contributed by atoms with Crippen LogP contribution in [-0.2, 0) is 4.79 Å². The summed E-state index contributed by atoms with van der Waals surface area (Å²) in [5.41, 5.74) is 1.16. The number of carbonyl (C=O) groups is 2. The molecule has 0 saturated heterocycles. The quantitative estimate of drug-likeness (QED) is 0.708. The number of aromatic nitrogens is 3. The Labute approximate surface area is 165 Å². The Kier molecular flexibility index (Phi) is 5.73. The molecule has 2 aromatic carbocycles. The van der Waals surface area contributed by atoms with Gasteiger partial charge in [-0.2, -0.15) is 9.90 Å². The summed E-state index contributed by atoms with van der Waals surface area (Å²) in [4.78, 5) is 27.3. The van der Waals surface area contributed by atoms with Gasteiger partial charge in [0.05, 0.1) is 34.2 Å². The Morgan fingerprint density at radius 1 is 1.07 bits per heavy atom. The number of halogens is 2. The third kappa shape index (κ3) is 4.45. The second kappa shape index (κ2) is 8.20. The third-order valence-electron chi connectivity index (χ3n) is 3.65. The molecule has 9 heteroatoms. The van der Waals surface area contributed by atoms with Gasteiger partial charge in [0.15, 0.2) is 5.69 Å². The number of nitrogens with one attached hydrogen (secondary N) is 1. The van der Waals surface area contributed by atoms with Crippen molar-refractivity contribution in [3.8, 4) is 5.69 Å². The van der Waals surface area contributed by atoms with Crippen molar-refractivity contribution in [3.05, 3.63) is 70.5 Å². The number of likely N-dealkylation sites (N-methyl/N-ethyl adjacent to an activating group) is 1. The zero-order valence-corrected chi connectivity index (χ0v) is 15.8. The number of amides is 2. The predicted octanol–water partition coefficient (Wildman–Crippen LogP) is 3.28. The summed E-state index contributed by atoms with van der Waals surface area (Å²) in [7, 11) is 1.50. The number of rotatable bonds is 5. The number of carbonyl (C=O) groups excluding carboxylic acids is 2. The van der Waals surface area contributed by atoms with Crippen molar-refractivity contribution in [3.63, 3.8) is 0 Å². The first kappa shape index (κ1) is 18.9. The minimum Gasteiger partial charge on any atom is -0.331 e. The monoisotopic (exact) mass is 403 g/mol. The number of hydrogen-bond donors (Lipinski definition) is 1. The molecule has 7 nitrogen and oxygen atoms in total. The van der Waals surface area contributed by atoms with Gasteiger partial charge in [0.25, 0.3) is 5.91 Å². The van der Waals surface area contributed by atoms with Crippen molar-refractivity contribution in [2.24, 2.45) is 0 Å². The fraction of sp³-hybridized carbons (Fsp3) is 0.111. The topological polar surface area (TPSA) is 80.1 Å². The average Bonchev–Trinajstić information content (AvgIpc) is 3.15. The van der Waals surface area contributed by atoms with Gasteiger partial charge in [0.1, 0.15) is 0 Å². The lowest BCUT2D eigenvalue weighted by atomic mass is 10.3. The highest BCUT2D eigenvalue weighted by atomic mass is 35.5. The molecule has 138 valence electrons. The summed E-state index contributed by atoms with van der Waals surface area (Å²) in [6.07, 6.45) is 1.36. The number of benzene rings is 2. The second-order valence-corrected chi connectivity index (χ2v) is 6.48. The largest absolute Gasteiger partial charge is 0.331 e. The van der Waals surface area contributed by atoms with Crippen LogP contribution < -0.4 is 5.32 Å². The normalized spacial score (nSPS) is 10.5. The van der Waals surface area contributed by atoms with E-state index in [-0.39, 0.29) is 12.2 Å². The van der Waals surface area contributed by atoms with E-state index in [0.717, 1.165) is 5.69 Å². The van der Waals surface area contributed by atoms with Crippen LogP contribution in [0.4, 0.5) is 5.69 Å². The van der Waals surface area contributed by atoms with Crippen molar-refractivity contribution in [2.75, 3.05) is 18.9 Å². The molecule has 2 amide bonds. The number of para-hydroxylation sites is 2. The summed E-state index contributed by atoms with van der Waals surface area (Å²) in [5, 5.41) is 11.5. The molecule has 3 rings (SSSR count). The Bertz CT molecular complexity index is 955. The molecule has 0 aliphatic heterocycles. The molecular weight excluding hydrogens is 389 g/mol. The Morgan fingerprint density at radius 3 is 2.41 bits per heavy atom. The van der Waals surface area contributed by atoms with Crippen LogP contribution in [0.1, 0.15) is 10.5 Å². The fourth-order valence-electron chi connectivity index (χ4n) is 2.33. The standard InChI is InChI=1S/C18H15Cl2N5O2/c1-24(11-16(26)22-17-13(19)8-5-9-14(17)20)18(27)15-10-21-25(23-15)12-6-3-2-4-7-12/h2-10H,11H2,1H3,(H,22,26). The molecule has 1 aromatic heterocycles. The van der Waals surface area contributed by atoms with Crippen LogP contribution in [0.2, 0.25) is 10.0 Å². The smallest absolute Gasteiger partial charge is 0.276 e. The van der Waals surface area contributed by atoms with Crippen molar-refractivity contribution < 1.29 is 9.59 Å². The van der Waals surface area contributed by atoms with E-state index in [1.165, 1.54) is 22.9 Å². The van der Waals surface area contributed by atoms with E-state index in [0.29, 0.717) is 15.7 Å². The lowest BCUT2D eigenvalue weighted by Crippen LogP contribution is -2.35. The molecule has 3 aromatic rings. The molecule has 0 fully saturated rings. The Hall–Kier alpha value is -2.90. The van der Waals surface area contributed by atoms with Crippen molar-refractivity contribution >= 4 is 40.7 Å². The van der Waals surface area contributed by atoms with Gasteiger partial charge in [0, 0.05) is 7.05 Å². The Morgan fingerprint density at radius 2 is 1.74 bits per heavy atom. The molecule has 27 heavy (non-hydrogen) atoms. The molecule has 1 heterocycles. The molecule has 1 N–H and O–H groups in total. The van der Waals surface area contributed by atoms with E-state index in [9.17, 15) is 9.59 Å². The predicted molar refractivity (Wildman–Crippen MR) is 103 cm³/mol. The molecule has 0 aliphatic carbocycles. The minimum atomic E-state index is -0.434. The maximum absolute atomic E-state index is 12.5. The van der Waals surface area contributed by atoms with E-state index in [4.69, 9.17) is 23.2 Å². The first-order chi connectivity index (χ1) is 13.0. The van der Waals surface area contributed by atoms with E-state index < -0.39 is 11.8 Å². The highest BCUT2D eigenvalue weighted by Crippen LogP contribution is 2.29. The maximum atomic E-state index is 12.5. The van der Waals surface area contributed by atoms with Crippen molar-refractivity contribution in [2.45, 2.75) is 0 Å². The summed E-state index contributed by atoms with van der Waals surface area (Å²) in [6, 6.07) is 14.1. The maximum Gasteiger partial charge on any atom is 0.276 e. The number of nitrogens with zero attached hydrogens (tertiary/aromatic N) is 4. The van der Waals surface area contributed by atoms with Crippen molar-refractivity contribution in [1.82, 2.24) is 19.9 Å². The first-order valence-corrected chi connectivity index (χ1v) is 8.68. The zero-order valence-electron chi connectivity index (χ0n) is 14.3. The molecule has 0 unspecified atom stereocenters. The van der Waals surface area contributed by atoms with E-state index in [2.05, 4.69) is 15.5 Å². The molecule has 0 aliphatic rings. The van der Waals surface area contributed by atoms with Crippen LogP contribution in [0, 0.1) is 0 Å². The summed E-state index contributed by atoms with van der Waals surface area (Å²) in [5.74, 6) is -0.867. The van der Waals surface area contributed by atoms with Gasteiger partial charge in [-0.05, 0) is 24.3 Å². The number of anilines is 1. The number of hydrogen-bond acceptors (Lipinski definition) is 4. The van der Waals surface area contributed by atoms with Gasteiger partial charge in [-0.25, -0.2) is 0 Å². The van der Waals surface area contributed by atoms with E-state index in [1.54, 1.807) is 18.2 Å². The summed E-state index contributed by atoms with van der Waals surface area (Å²) < 4.78 is 0. The first-order valence-electron chi connectivity index (χ1n) is 7.93. The van der Waals surface area contributed by atoms with Crippen molar-refractivity contribution in [1.29, 1.82) is 0 Å². The highest BCUT2D eigenvalue weighted by Gasteiger charge is 2.19. The van der Waals surface area contributed by atoms with Crippen LogP contribution in [-0.4, -0.2) is 45.3 Å². The van der Waals surface area contributed by atoms with Gasteiger partial charge in [-0.15, -0.1) is 5.10 Å². The molecule has 0 saturated carbocycles. The molecule has 0 bridgehead atoms. The van der Waals surface area contributed by atoms with Gasteiger partial charge >= 0.3 is 0 Å². The van der Waals surface area contributed by atoms with Crippen LogP contribution in [0.3, 0.4) is 0 Å². The second-order valence-electron chi connectivity index (χ2n) is 5.66. The summed E-state index contributed by atoms with van der Waals surface area (Å²) in [6.45, 7) is -0.196. The fourth-order valence-corrected chi connectivity index (χ4v) is 2.82. The van der Waals surface area contributed by atoms with E-state index in [1.807, 2.05) is 30.3 Å². The van der Waals surface area contributed by atoms with Crippen LogP contribution >= 0.6 is 23.2 Å². The van der Waals surface area contributed by atoms with Gasteiger partial charge in [0.2, 0.25) is 5.91 Å². The van der Waals surface area contributed by atoms with Gasteiger partial charge in [-0.1, -0.05) is 47.5 Å². The highest BCUT2D eigenvalue weighted by molar-refractivity contribution is 6.39. The van der Waals surface area contributed by atoms with E-state index >= 15 is 0 Å². The Balaban J connectivity index is 1.66. The lowest BCUT2D eigenvalue weighted by molar-refractivity contribution is -0.116. The van der Waals surface area contributed by atoms with Gasteiger partial charge in [-0.3, -0.25) is 9.59 Å². The third-order valence-corrected chi connectivity index (χ3v) is 4.28. The SMILES string of the molecule is CN(CC(=O)Nc1c(Cl)cccc1Cl)C(=O)c1cnn(-c2ccccc2)n1. The van der Waals surface area contributed by atoms with Crippen LogP contribution in [0.15, 0.2) is 54.7 Å². The van der Waals surface area contributed by atoms with Gasteiger partial charge < -0.3 is 10.2 Å². The van der Waals surface area contributed by atoms with Crippen LogP contribution in [0.25, 0.3) is 5.69 Å². The van der Waals surface area contributed by atoms with Crippen LogP contribution in [0.5, 0.6) is 0 Å². The molecular formula is C18H15Cl2N5O2. The molecule has 0 spiro atoms. The minimum absolute atomic E-state index is 0.130. The molecule has 0 atom stereocenters. The molecule has 0 radical (unpaired) electrons. The average molecular weight is 404 g/mol. The zero-order chi connectivity index (χ0) is 19.4. The lowest BCUT2D eigenvalue weighted by Gasteiger charge is -2.16.